The Balaban J connectivity index is 2.04. The van der Waals surface area contributed by atoms with Crippen LogP contribution in [0.15, 0.2) is 34.7 Å². The molecule has 1 N–H and O–H groups in total. The first kappa shape index (κ1) is 12.7. The van der Waals surface area contributed by atoms with Gasteiger partial charge in [-0.15, -0.1) is 0 Å². The number of nitrogens with zero attached hydrogens (tertiary/aromatic N) is 1. The molecule has 1 aromatic carbocycles. The number of nitriles is 1. The molecule has 0 saturated carbocycles. The van der Waals surface area contributed by atoms with Gasteiger partial charge in [0.05, 0.1) is 11.6 Å². The second-order valence-electron chi connectivity index (χ2n) is 3.95. The van der Waals surface area contributed by atoms with Gasteiger partial charge in [-0.05, 0) is 37.3 Å². The first-order valence-corrected chi connectivity index (χ1v) is 5.55. The predicted molar refractivity (Wildman–Crippen MR) is 65.9 cm³/mol. The van der Waals surface area contributed by atoms with Crippen molar-refractivity contribution in [1.29, 1.82) is 5.26 Å². The Morgan fingerprint density at radius 1 is 1.42 bits per heavy atom. The standard InChI is InChI=1S/C14H11NO4/c1-9-6-12(19-13(9)14(16)17)8-18-11-4-2-10(7-15)3-5-11/h2-6H,8H2,1H3,(H,16,17). The SMILES string of the molecule is Cc1cc(COc2ccc(C#N)cc2)oc1C(=O)O. The lowest BCUT2D eigenvalue weighted by atomic mass is 10.2. The molecule has 0 aliphatic heterocycles. The van der Waals surface area contributed by atoms with E-state index >= 15 is 0 Å². The minimum Gasteiger partial charge on any atom is -0.486 e. The van der Waals surface area contributed by atoms with E-state index < -0.39 is 5.97 Å². The zero-order valence-corrected chi connectivity index (χ0v) is 10.2. The molecule has 0 bridgehead atoms. The third kappa shape index (κ3) is 2.93. The van der Waals surface area contributed by atoms with E-state index in [4.69, 9.17) is 19.5 Å². The van der Waals surface area contributed by atoms with Crippen molar-refractivity contribution < 1.29 is 19.1 Å². The van der Waals surface area contributed by atoms with E-state index in [-0.39, 0.29) is 12.4 Å². The first-order chi connectivity index (χ1) is 9.10. The molecule has 0 amide bonds. The molecule has 0 saturated heterocycles. The zero-order chi connectivity index (χ0) is 13.8. The van der Waals surface area contributed by atoms with Crippen LogP contribution in [0.3, 0.4) is 0 Å². The number of aromatic carboxylic acids is 1. The molecule has 0 aliphatic rings. The minimum atomic E-state index is -1.10. The summed E-state index contributed by atoms with van der Waals surface area (Å²) in [5, 5.41) is 17.5. The quantitative estimate of drug-likeness (QED) is 0.910. The Hall–Kier alpha value is -2.74. The summed E-state index contributed by atoms with van der Waals surface area (Å²) >= 11 is 0. The normalized spacial score (nSPS) is 9.89. The highest BCUT2D eigenvalue weighted by atomic mass is 16.5. The number of carboxylic acids is 1. The van der Waals surface area contributed by atoms with Crippen LogP contribution in [-0.2, 0) is 6.61 Å². The van der Waals surface area contributed by atoms with Gasteiger partial charge in [0.15, 0.2) is 0 Å². The Morgan fingerprint density at radius 2 is 2.11 bits per heavy atom. The summed E-state index contributed by atoms with van der Waals surface area (Å²) in [7, 11) is 0. The summed E-state index contributed by atoms with van der Waals surface area (Å²) < 4.78 is 10.6. The van der Waals surface area contributed by atoms with Crippen molar-refractivity contribution in [3.8, 4) is 11.8 Å². The summed E-state index contributed by atoms with van der Waals surface area (Å²) in [4.78, 5) is 10.8. The Bertz CT molecular complexity index is 634. The fourth-order valence-electron chi connectivity index (χ4n) is 1.61. The molecule has 5 heteroatoms. The summed E-state index contributed by atoms with van der Waals surface area (Å²) in [5.74, 6) is -0.135. The summed E-state index contributed by atoms with van der Waals surface area (Å²) in [6.45, 7) is 1.80. The van der Waals surface area contributed by atoms with Gasteiger partial charge in [-0.1, -0.05) is 0 Å². The van der Waals surface area contributed by atoms with Crippen LogP contribution in [0.25, 0.3) is 0 Å². The molecular weight excluding hydrogens is 246 g/mol. The van der Waals surface area contributed by atoms with Gasteiger partial charge in [0, 0.05) is 5.56 Å². The van der Waals surface area contributed by atoms with Crippen LogP contribution in [0, 0.1) is 18.3 Å². The highest BCUT2D eigenvalue weighted by Crippen LogP contribution is 2.18. The number of carboxylic acid groups (broad SMARTS) is 1. The molecule has 5 nitrogen and oxygen atoms in total. The van der Waals surface area contributed by atoms with Crippen LogP contribution < -0.4 is 4.74 Å². The van der Waals surface area contributed by atoms with Gasteiger partial charge in [-0.3, -0.25) is 0 Å². The number of ether oxygens (including phenoxy) is 1. The third-order valence-electron chi connectivity index (χ3n) is 2.53. The molecule has 0 atom stereocenters. The smallest absolute Gasteiger partial charge is 0.372 e. The van der Waals surface area contributed by atoms with Gasteiger partial charge < -0.3 is 14.3 Å². The second-order valence-corrected chi connectivity index (χ2v) is 3.95. The van der Waals surface area contributed by atoms with Crippen molar-refractivity contribution >= 4 is 5.97 Å². The molecule has 1 aromatic heterocycles. The van der Waals surface area contributed by atoms with Crippen molar-refractivity contribution in [2.45, 2.75) is 13.5 Å². The van der Waals surface area contributed by atoms with E-state index in [2.05, 4.69) is 0 Å². The largest absolute Gasteiger partial charge is 0.486 e. The van der Waals surface area contributed by atoms with Gasteiger partial charge in [0.25, 0.3) is 0 Å². The molecule has 2 rings (SSSR count). The number of carbonyl (C=O) groups is 1. The van der Waals surface area contributed by atoms with Gasteiger partial charge in [-0.25, -0.2) is 4.79 Å². The Labute approximate surface area is 109 Å². The number of rotatable bonds is 4. The average Bonchev–Trinajstić information content (AvgIpc) is 2.78. The average molecular weight is 257 g/mol. The maximum absolute atomic E-state index is 10.8. The molecule has 0 aliphatic carbocycles. The molecule has 1 heterocycles. The number of hydrogen-bond donors (Lipinski definition) is 1. The van der Waals surface area contributed by atoms with Crippen molar-refractivity contribution in [3.63, 3.8) is 0 Å². The minimum absolute atomic E-state index is 0.0709. The van der Waals surface area contributed by atoms with Gasteiger partial charge in [0.2, 0.25) is 5.76 Å². The van der Waals surface area contributed by atoms with Crippen LogP contribution in [0.2, 0.25) is 0 Å². The van der Waals surface area contributed by atoms with Crippen LogP contribution >= 0.6 is 0 Å². The number of benzene rings is 1. The number of furan rings is 1. The van der Waals surface area contributed by atoms with E-state index in [0.29, 0.717) is 22.6 Å². The lowest BCUT2D eigenvalue weighted by Crippen LogP contribution is -1.96. The van der Waals surface area contributed by atoms with Gasteiger partial charge in [-0.2, -0.15) is 5.26 Å². The van der Waals surface area contributed by atoms with Gasteiger partial charge in [0.1, 0.15) is 18.1 Å². The Kier molecular flexibility index (Phi) is 3.53. The van der Waals surface area contributed by atoms with Crippen molar-refractivity contribution in [2.24, 2.45) is 0 Å². The maximum atomic E-state index is 10.8. The summed E-state index contributed by atoms with van der Waals surface area (Å²) in [5.41, 5.74) is 1.11. The molecule has 19 heavy (non-hydrogen) atoms. The van der Waals surface area contributed by atoms with Crippen molar-refractivity contribution in [3.05, 3.63) is 53.0 Å². The molecular formula is C14H11NO4. The van der Waals surface area contributed by atoms with Crippen LogP contribution in [0.1, 0.15) is 27.4 Å². The van der Waals surface area contributed by atoms with E-state index in [1.54, 1.807) is 37.3 Å². The van der Waals surface area contributed by atoms with Crippen molar-refractivity contribution in [1.82, 2.24) is 0 Å². The fraction of sp³-hybridized carbons (Fsp3) is 0.143. The second kappa shape index (κ2) is 5.27. The molecule has 0 spiro atoms. The highest BCUT2D eigenvalue weighted by molar-refractivity contribution is 5.86. The van der Waals surface area contributed by atoms with E-state index in [0.717, 1.165) is 0 Å². The lowest BCUT2D eigenvalue weighted by Gasteiger charge is -2.03. The topological polar surface area (TPSA) is 83.5 Å². The summed E-state index contributed by atoms with van der Waals surface area (Å²) in [6, 6.07) is 10.3. The molecule has 0 radical (unpaired) electrons. The maximum Gasteiger partial charge on any atom is 0.372 e. The molecule has 96 valence electrons. The molecule has 0 fully saturated rings. The zero-order valence-electron chi connectivity index (χ0n) is 10.2. The van der Waals surface area contributed by atoms with E-state index in [9.17, 15) is 4.79 Å². The highest BCUT2D eigenvalue weighted by Gasteiger charge is 2.14. The third-order valence-corrected chi connectivity index (χ3v) is 2.53. The first-order valence-electron chi connectivity index (χ1n) is 5.55. The molecule has 0 unspecified atom stereocenters. The van der Waals surface area contributed by atoms with E-state index in [1.807, 2.05) is 6.07 Å². The predicted octanol–water partition coefficient (Wildman–Crippen LogP) is 2.74. The lowest BCUT2D eigenvalue weighted by molar-refractivity contribution is 0.0657. The summed E-state index contributed by atoms with van der Waals surface area (Å²) in [6.07, 6.45) is 0. The van der Waals surface area contributed by atoms with Crippen LogP contribution in [0.4, 0.5) is 0 Å². The molecule has 2 aromatic rings. The number of hydrogen-bond acceptors (Lipinski definition) is 4. The van der Waals surface area contributed by atoms with Gasteiger partial charge >= 0.3 is 5.97 Å². The van der Waals surface area contributed by atoms with Crippen LogP contribution in [0.5, 0.6) is 5.75 Å². The fourth-order valence-corrected chi connectivity index (χ4v) is 1.61. The Morgan fingerprint density at radius 3 is 2.63 bits per heavy atom. The monoisotopic (exact) mass is 257 g/mol. The van der Waals surface area contributed by atoms with Crippen molar-refractivity contribution in [2.75, 3.05) is 0 Å². The van der Waals surface area contributed by atoms with E-state index in [1.165, 1.54) is 0 Å². The number of aryl methyl sites for hydroxylation is 1. The van der Waals surface area contributed by atoms with Crippen LogP contribution in [-0.4, -0.2) is 11.1 Å².